The van der Waals surface area contributed by atoms with Crippen LogP contribution in [0.2, 0.25) is 0 Å². The predicted molar refractivity (Wildman–Crippen MR) is 199 cm³/mol. The van der Waals surface area contributed by atoms with Crippen molar-refractivity contribution in [2.45, 2.75) is 51.7 Å². The molecule has 3 aromatic carbocycles. The highest BCUT2D eigenvalue weighted by molar-refractivity contribution is 5.87. The van der Waals surface area contributed by atoms with E-state index in [0.29, 0.717) is 75.5 Å². The van der Waals surface area contributed by atoms with Gasteiger partial charge in [-0.05, 0) is 62.8 Å². The highest BCUT2D eigenvalue weighted by Gasteiger charge is 2.18. The van der Waals surface area contributed by atoms with Crippen molar-refractivity contribution in [2.75, 3.05) is 66.1 Å². The van der Waals surface area contributed by atoms with Gasteiger partial charge >= 0.3 is 11.9 Å². The van der Waals surface area contributed by atoms with Crippen molar-refractivity contribution in [1.82, 2.24) is 0 Å². The maximum Gasteiger partial charge on any atom is 0.333 e. The molecule has 10 nitrogen and oxygen atoms in total. The molecule has 2 atom stereocenters. The minimum Gasteiger partial charge on any atom is -0.491 e. The Balaban J connectivity index is 1.17. The number of unbranched alkanes of at least 4 members (excludes halogenated alkanes) is 2. The third-order valence-electron chi connectivity index (χ3n) is 7.53. The Morgan fingerprint density at radius 1 is 0.500 bits per heavy atom. The highest BCUT2D eigenvalue weighted by atomic mass is 16.6. The van der Waals surface area contributed by atoms with E-state index in [0.717, 1.165) is 36.8 Å². The van der Waals surface area contributed by atoms with Gasteiger partial charge in [-0.15, -0.1) is 0 Å². The van der Waals surface area contributed by atoms with Crippen molar-refractivity contribution < 1.29 is 47.5 Å². The van der Waals surface area contributed by atoms with Gasteiger partial charge in [-0.25, -0.2) is 9.59 Å². The second kappa shape index (κ2) is 25.5. The van der Waals surface area contributed by atoms with Crippen molar-refractivity contribution in [1.29, 1.82) is 0 Å². The monoisotopic (exact) mass is 718 g/mol. The molecule has 2 unspecified atom stereocenters. The Bertz CT molecular complexity index is 1350. The number of hydrogen-bond acceptors (Lipinski definition) is 10. The molecule has 282 valence electrons. The fourth-order valence-corrected chi connectivity index (χ4v) is 4.68. The number of benzene rings is 3. The molecule has 0 N–H and O–H groups in total. The molecule has 0 aromatic heterocycles. The van der Waals surface area contributed by atoms with Crippen LogP contribution in [0.15, 0.2) is 109 Å². The lowest BCUT2D eigenvalue weighted by molar-refractivity contribution is -0.148. The lowest BCUT2D eigenvalue weighted by atomic mass is 10.1. The van der Waals surface area contributed by atoms with Crippen LogP contribution >= 0.6 is 0 Å². The van der Waals surface area contributed by atoms with Gasteiger partial charge in [0.15, 0.2) is 12.2 Å². The average molecular weight is 719 g/mol. The molecule has 0 aliphatic carbocycles. The molecule has 10 heteroatoms. The van der Waals surface area contributed by atoms with Gasteiger partial charge < -0.3 is 37.9 Å². The Labute approximate surface area is 308 Å². The third kappa shape index (κ3) is 17.6. The smallest absolute Gasteiger partial charge is 0.333 e. The first-order valence-corrected chi connectivity index (χ1v) is 17.8. The molecule has 52 heavy (non-hydrogen) atoms. The number of rotatable bonds is 28. The molecule has 0 amide bonds. The quantitative estimate of drug-likeness (QED) is 0.0420. The van der Waals surface area contributed by atoms with Crippen molar-refractivity contribution in [2.24, 2.45) is 0 Å². The van der Waals surface area contributed by atoms with Gasteiger partial charge in [0.1, 0.15) is 24.7 Å². The molecule has 3 aromatic rings. The minimum absolute atomic E-state index is 0.278. The second-order valence-corrected chi connectivity index (χ2v) is 12.1. The molecule has 0 aliphatic heterocycles. The van der Waals surface area contributed by atoms with E-state index in [9.17, 15) is 9.59 Å². The number of carbonyl (C=O) groups excluding carboxylic acids is 2. The van der Waals surface area contributed by atoms with Gasteiger partial charge in [-0.3, -0.25) is 0 Å². The summed E-state index contributed by atoms with van der Waals surface area (Å²) in [5.41, 5.74) is 2.48. The lowest BCUT2D eigenvalue weighted by Gasteiger charge is -2.18. The summed E-state index contributed by atoms with van der Waals surface area (Å²) in [5.74, 6) is 0.556. The first kappa shape index (κ1) is 41.9. The molecule has 0 spiro atoms. The number of hydrogen-bond donors (Lipinski definition) is 0. The van der Waals surface area contributed by atoms with Gasteiger partial charge in [0.05, 0.1) is 26.4 Å². The first-order chi connectivity index (χ1) is 25.3. The first-order valence-electron chi connectivity index (χ1n) is 17.8. The fourth-order valence-electron chi connectivity index (χ4n) is 4.68. The highest BCUT2D eigenvalue weighted by Crippen LogP contribution is 2.21. The maximum atomic E-state index is 12.0. The number of carbonyl (C=O) groups is 2. The standard InChI is InChI=1S/C42H54O10/c1-33(2)41(43)51-39(35-16-7-5-8-17-35)31-47-24-13-11-22-45-26-28-49-37-20-15-21-38(30-37)50-29-27-46-23-12-14-25-48-32-40(52-42(44)34(3)4)36-18-9-6-10-19-36/h5-10,15-21,30,39-40H,1,3,11-14,22-29,31-32H2,2,4H3. The Hall–Kier alpha value is -4.48. The van der Waals surface area contributed by atoms with Gasteiger partial charge in [0.25, 0.3) is 0 Å². The van der Waals surface area contributed by atoms with Gasteiger partial charge in [-0.2, -0.15) is 0 Å². The van der Waals surface area contributed by atoms with Crippen molar-refractivity contribution in [3.63, 3.8) is 0 Å². The van der Waals surface area contributed by atoms with Crippen molar-refractivity contribution in [3.05, 3.63) is 120 Å². The summed E-state index contributed by atoms with van der Waals surface area (Å²) < 4.78 is 45.8. The van der Waals surface area contributed by atoms with Crippen LogP contribution in [0.1, 0.15) is 62.9 Å². The zero-order chi connectivity index (χ0) is 37.2. The van der Waals surface area contributed by atoms with Gasteiger partial charge in [0, 0.05) is 43.6 Å². The van der Waals surface area contributed by atoms with E-state index in [1.165, 1.54) is 0 Å². The minimum atomic E-state index is -0.479. The summed E-state index contributed by atoms with van der Waals surface area (Å²) >= 11 is 0. The van der Waals surface area contributed by atoms with Crippen molar-refractivity contribution >= 4 is 11.9 Å². The molecule has 0 aliphatic rings. The van der Waals surface area contributed by atoms with Gasteiger partial charge in [-0.1, -0.05) is 79.9 Å². The molecule has 3 rings (SSSR count). The lowest BCUT2D eigenvalue weighted by Crippen LogP contribution is -2.17. The summed E-state index contributed by atoms with van der Waals surface area (Å²) in [6.07, 6.45) is 2.36. The molecular weight excluding hydrogens is 664 g/mol. The van der Waals surface area contributed by atoms with Crippen LogP contribution < -0.4 is 9.47 Å². The van der Waals surface area contributed by atoms with E-state index < -0.39 is 24.1 Å². The third-order valence-corrected chi connectivity index (χ3v) is 7.53. The van der Waals surface area contributed by atoms with E-state index in [1.54, 1.807) is 13.8 Å². The summed E-state index contributed by atoms with van der Waals surface area (Å²) in [7, 11) is 0. The maximum absolute atomic E-state index is 12.0. The molecule has 0 heterocycles. The molecule has 0 saturated carbocycles. The molecule has 0 radical (unpaired) electrons. The topological polar surface area (TPSA) is 108 Å². The Kier molecular flexibility index (Phi) is 20.5. The van der Waals surface area contributed by atoms with E-state index in [-0.39, 0.29) is 13.2 Å². The predicted octanol–water partition coefficient (Wildman–Crippen LogP) is 7.79. The Morgan fingerprint density at radius 3 is 1.27 bits per heavy atom. The summed E-state index contributed by atoms with van der Waals surface area (Å²) in [5, 5.41) is 0. The summed E-state index contributed by atoms with van der Waals surface area (Å²) in [4.78, 5) is 24.1. The van der Waals surface area contributed by atoms with Crippen LogP contribution in [-0.2, 0) is 38.0 Å². The summed E-state index contributed by atoms with van der Waals surface area (Å²) in [6.45, 7) is 15.2. The SMILES string of the molecule is C=C(C)C(=O)OC(COCCCCOCCOc1cccc(OCCOCCCCOCC(OC(=O)C(=C)C)c2ccccc2)c1)c1ccccc1. The van der Waals surface area contributed by atoms with E-state index in [4.69, 9.17) is 37.9 Å². The van der Waals surface area contributed by atoms with Crippen molar-refractivity contribution in [3.8, 4) is 11.5 Å². The Morgan fingerprint density at radius 2 is 0.885 bits per heavy atom. The van der Waals surface area contributed by atoms with Crippen LogP contribution in [0, 0.1) is 0 Å². The largest absolute Gasteiger partial charge is 0.491 e. The molecule has 0 bridgehead atoms. The van der Waals surface area contributed by atoms with E-state index in [1.807, 2.05) is 84.9 Å². The van der Waals surface area contributed by atoms with E-state index >= 15 is 0 Å². The average Bonchev–Trinajstić information content (AvgIpc) is 3.15. The summed E-state index contributed by atoms with van der Waals surface area (Å²) in [6, 6.07) is 26.6. The van der Waals surface area contributed by atoms with Crippen LogP contribution in [0.5, 0.6) is 11.5 Å². The molecule has 0 fully saturated rings. The van der Waals surface area contributed by atoms with E-state index in [2.05, 4.69) is 13.2 Å². The second-order valence-electron chi connectivity index (χ2n) is 12.1. The number of ether oxygens (including phenoxy) is 8. The zero-order valence-electron chi connectivity index (χ0n) is 30.6. The molecule has 0 saturated heterocycles. The van der Waals surface area contributed by atoms with Crippen LogP contribution in [0.3, 0.4) is 0 Å². The van der Waals surface area contributed by atoms with Crippen LogP contribution in [-0.4, -0.2) is 78.0 Å². The normalized spacial score (nSPS) is 12.0. The zero-order valence-corrected chi connectivity index (χ0v) is 30.6. The van der Waals surface area contributed by atoms with Crippen LogP contribution in [0.4, 0.5) is 0 Å². The van der Waals surface area contributed by atoms with Gasteiger partial charge in [0.2, 0.25) is 0 Å². The fraction of sp³-hybridized carbons (Fsp3) is 0.429. The number of esters is 2. The molecular formula is C42H54O10. The van der Waals surface area contributed by atoms with Crippen LogP contribution in [0.25, 0.3) is 0 Å².